The van der Waals surface area contributed by atoms with Crippen molar-refractivity contribution in [2.75, 3.05) is 7.11 Å². The normalized spacial score (nSPS) is 15.5. The van der Waals surface area contributed by atoms with E-state index in [1.807, 2.05) is 0 Å². The molecule has 1 heterocycles. The Hall–Kier alpha value is -2.17. The molecule has 1 aromatic carbocycles. The van der Waals surface area contributed by atoms with E-state index in [0.29, 0.717) is 30.4 Å². The van der Waals surface area contributed by atoms with E-state index in [0.717, 1.165) is 0 Å². The smallest absolute Gasteiger partial charge is 0.338 e. The van der Waals surface area contributed by atoms with Gasteiger partial charge < -0.3 is 4.74 Å². The monoisotopic (exact) mass is 261 g/mol. The number of carbonyl (C=O) groups is 3. The summed E-state index contributed by atoms with van der Waals surface area (Å²) in [5, 5.41) is 0. The number of likely N-dealkylation sites (tertiary alicyclic amines) is 1. The van der Waals surface area contributed by atoms with Crippen LogP contribution in [0.1, 0.15) is 35.2 Å². The van der Waals surface area contributed by atoms with Crippen LogP contribution in [0.15, 0.2) is 24.3 Å². The van der Waals surface area contributed by atoms with Gasteiger partial charge in [-0.05, 0) is 18.1 Å². The van der Waals surface area contributed by atoms with Gasteiger partial charge in [0, 0.05) is 12.8 Å². The number of hydrogen-bond acceptors (Lipinski definition) is 4. The molecule has 1 fully saturated rings. The lowest BCUT2D eigenvalue weighted by Crippen LogP contribution is -2.39. The van der Waals surface area contributed by atoms with Crippen molar-refractivity contribution in [1.29, 1.82) is 0 Å². The first-order chi connectivity index (χ1) is 9.13. The first-order valence-electron chi connectivity index (χ1n) is 6.13. The zero-order chi connectivity index (χ0) is 13.8. The minimum atomic E-state index is -0.465. The fourth-order valence-electron chi connectivity index (χ4n) is 2.11. The van der Waals surface area contributed by atoms with Crippen molar-refractivity contribution in [3.8, 4) is 0 Å². The minimum absolute atomic E-state index is 0.128. The summed E-state index contributed by atoms with van der Waals surface area (Å²) in [7, 11) is 1.30. The number of ether oxygens (including phenoxy) is 1. The van der Waals surface area contributed by atoms with Gasteiger partial charge in [0.2, 0.25) is 11.8 Å². The second-order valence-electron chi connectivity index (χ2n) is 4.38. The van der Waals surface area contributed by atoms with E-state index in [-0.39, 0.29) is 18.4 Å². The molecule has 1 aliphatic rings. The van der Waals surface area contributed by atoms with Crippen LogP contribution in [0, 0.1) is 0 Å². The van der Waals surface area contributed by atoms with Crippen molar-refractivity contribution in [2.45, 2.75) is 25.8 Å². The molecule has 19 heavy (non-hydrogen) atoms. The molecule has 2 amide bonds. The highest BCUT2D eigenvalue weighted by molar-refractivity contribution is 5.98. The predicted octanol–water partition coefficient (Wildman–Crippen LogP) is 1.51. The number of hydrogen-bond donors (Lipinski definition) is 0. The van der Waals surface area contributed by atoms with Gasteiger partial charge in [-0.3, -0.25) is 14.5 Å². The van der Waals surface area contributed by atoms with Crippen molar-refractivity contribution in [2.24, 2.45) is 0 Å². The van der Waals surface area contributed by atoms with E-state index in [4.69, 9.17) is 4.74 Å². The van der Waals surface area contributed by atoms with Crippen LogP contribution in [0.2, 0.25) is 0 Å². The molecule has 1 saturated heterocycles. The standard InChI is InChI=1S/C14H15NO4/c1-19-14(18)11-6-3-2-5-10(11)9-15-12(16)7-4-8-13(15)17/h2-3,5-6H,4,7-9H2,1H3. The molecule has 0 aliphatic carbocycles. The fraction of sp³-hybridized carbons (Fsp3) is 0.357. The number of esters is 1. The second kappa shape index (κ2) is 5.65. The van der Waals surface area contributed by atoms with Gasteiger partial charge in [-0.1, -0.05) is 18.2 Å². The fourth-order valence-corrected chi connectivity index (χ4v) is 2.11. The molecule has 1 aromatic rings. The maximum Gasteiger partial charge on any atom is 0.338 e. The molecule has 100 valence electrons. The largest absolute Gasteiger partial charge is 0.465 e. The molecule has 0 aromatic heterocycles. The number of amides is 2. The topological polar surface area (TPSA) is 63.7 Å². The summed E-state index contributed by atoms with van der Waals surface area (Å²) in [4.78, 5) is 36.3. The molecule has 0 N–H and O–H groups in total. The molecule has 1 aliphatic heterocycles. The third-order valence-electron chi connectivity index (χ3n) is 3.13. The highest BCUT2D eigenvalue weighted by Crippen LogP contribution is 2.18. The lowest BCUT2D eigenvalue weighted by Gasteiger charge is -2.25. The molecule has 0 unspecified atom stereocenters. The Labute approximate surface area is 111 Å². The van der Waals surface area contributed by atoms with E-state index in [9.17, 15) is 14.4 Å². The third kappa shape index (κ3) is 2.81. The Morgan fingerprint density at radius 3 is 2.47 bits per heavy atom. The molecule has 0 bridgehead atoms. The number of piperidine rings is 1. The maximum atomic E-state index is 11.7. The van der Waals surface area contributed by atoms with Crippen LogP contribution in [0.4, 0.5) is 0 Å². The summed E-state index contributed by atoms with van der Waals surface area (Å²) in [6.07, 6.45) is 1.37. The molecule has 0 radical (unpaired) electrons. The Balaban J connectivity index is 2.25. The molecular weight excluding hydrogens is 246 g/mol. The van der Waals surface area contributed by atoms with E-state index in [1.165, 1.54) is 12.0 Å². The first-order valence-corrected chi connectivity index (χ1v) is 6.13. The summed E-state index contributed by atoms with van der Waals surface area (Å²) in [6.45, 7) is 0.128. The predicted molar refractivity (Wildman–Crippen MR) is 67.2 cm³/mol. The van der Waals surface area contributed by atoms with Crippen LogP contribution in [0.5, 0.6) is 0 Å². The summed E-state index contributed by atoms with van der Waals surface area (Å²) in [5.41, 5.74) is 1.01. The SMILES string of the molecule is COC(=O)c1ccccc1CN1C(=O)CCCC1=O. The van der Waals surface area contributed by atoms with Gasteiger partial charge in [-0.15, -0.1) is 0 Å². The van der Waals surface area contributed by atoms with Gasteiger partial charge in [-0.2, -0.15) is 0 Å². The summed E-state index contributed by atoms with van der Waals surface area (Å²) >= 11 is 0. The first kappa shape index (κ1) is 13.3. The quantitative estimate of drug-likeness (QED) is 0.611. The van der Waals surface area contributed by atoms with Crippen molar-refractivity contribution < 1.29 is 19.1 Å². The molecule has 0 saturated carbocycles. The van der Waals surface area contributed by atoms with Crippen LogP contribution < -0.4 is 0 Å². The van der Waals surface area contributed by atoms with Crippen LogP contribution in [-0.2, 0) is 20.9 Å². The minimum Gasteiger partial charge on any atom is -0.465 e. The number of methoxy groups -OCH3 is 1. The van der Waals surface area contributed by atoms with Crippen molar-refractivity contribution >= 4 is 17.8 Å². The number of benzene rings is 1. The lowest BCUT2D eigenvalue weighted by atomic mass is 10.0. The van der Waals surface area contributed by atoms with Gasteiger partial charge in [0.05, 0.1) is 19.2 Å². The van der Waals surface area contributed by atoms with Crippen molar-refractivity contribution in [3.63, 3.8) is 0 Å². The Bertz CT molecular complexity index is 508. The Kier molecular flexibility index (Phi) is 3.94. The summed E-state index contributed by atoms with van der Waals surface area (Å²) in [5.74, 6) is -0.834. The van der Waals surface area contributed by atoms with Crippen LogP contribution in [-0.4, -0.2) is 29.8 Å². The molecule has 2 rings (SSSR count). The van der Waals surface area contributed by atoms with Gasteiger partial charge >= 0.3 is 5.97 Å². The van der Waals surface area contributed by atoms with Gasteiger partial charge in [0.1, 0.15) is 0 Å². The van der Waals surface area contributed by atoms with Crippen LogP contribution >= 0.6 is 0 Å². The van der Waals surface area contributed by atoms with Gasteiger partial charge in [0.15, 0.2) is 0 Å². The van der Waals surface area contributed by atoms with Gasteiger partial charge in [0.25, 0.3) is 0 Å². The van der Waals surface area contributed by atoms with Crippen molar-refractivity contribution in [1.82, 2.24) is 4.90 Å². The average Bonchev–Trinajstić information content (AvgIpc) is 2.42. The highest BCUT2D eigenvalue weighted by Gasteiger charge is 2.27. The molecule has 0 atom stereocenters. The number of nitrogens with zero attached hydrogens (tertiary/aromatic N) is 1. The number of carbonyl (C=O) groups excluding carboxylic acids is 3. The molecule has 0 spiro atoms. The Morgan fingerprint density at radius 1 is 1.21 bits per heavy atom. The van der Waals surface area contributed by atoms with Crippen LogP contribution in [0.3, 0.4) is 0 Å². The molecule has 5 nitrogen and oxygen atoms in total. The average molecular weight is 261 g/mol. The maximum absolute atomic E-state index is 11.7. The van der Waals surface area contributed by atoms with E-state index >= 15 is 0 Å². The molecular formula is C14H15NO4. The zero-order valence-corrected chi connectivity index (χ0v) is 10.7. The van der Waals surface area contributed by atoms with E-state index in [1.54, 1.807) is 24.3 Å². The number of imide groups is 1. The number of rotatable bonds is 3. The summed E-state index contributed by atoms with van der Waals surface area (Å²) < 4.78 is 4.69. The third-order valence-corrected chi connectivity index (χ3v) is 3.13. The molecule has 5 heteroatoms. The van der Waals surface area contributed by atoms with E-state index < -0.39 is 5.97 Å². The second-order valence-corrected chi connectivity index (χ2v) is 4.38. The van der Waals surface area contributed by atoms with Crippen molar-refractivity contribution in [3.05, 3.63) is 35.4 Å². The Morgan fingerprint density at radius 2 is 1.84 bits per heavy atom. The summed E-state index contributed by atoms with van der Waals surface area (Å²) in [6, 6.07) is 6.83. The highest BCUT2D eigenvalue weighted by atomic mass is 16.5. The van der Waals surface area contributed by atoms with Crippen LogP contribution in [0.25, 0.3) is 0 Å². The zero-order valence-electron chi connectivity index (χ0n) is 10.7. The van der Waals surface area contributed by atoms with E-state index in [2.05, 4.69) is 0 Å². The van der Waals surface area contributed by atoms with Gasteiger partial charge in [-0.25, -0.2) is 4.79 Å². The lowest BCUT2D eigenvalue weighted by molar-refractivity contribution is -0.148.